The normalized spacial score (nSPS) is 20.6. The molecule has 0 aromatic heterocycles. The van der Waals surface area contributed by atoms with Gasteiger partial charge in [0, 0.05) is 5.75 Å². The van der Waals surface area contributed by atoms with Crippen molar-refractivity contribution in [2.24, 2.45) is 0 Å². The van der Waals surface area contributed by atoms with Crippen LogP contribution in [-0.2, 0) is 0 Å². The second-order valence-corrected chi connectivity index (χ2v) is 11.6. The lowest BCUT2D eigenvalue weighted by atomic mass is 10.4. The van der Waals surface area contributed by atoms with Gasteiger partial charge in [0.25, 0.3) is 0 Å². The smallest absolute Gasteiger partial charge is 0.00801 e. The van der Waals surface area contributed by atoms with Gasteiger partial charge >= 0.3 is 0 Å². The Morgan fingerprint density at radius 3 is 2.64 bits per heavy atom. The van der Waals surface area contributed by atoms with E-state index in [0.29, 0.717) is 0 Å². The molecular weight excluding hydrogens is 288 g/mol. The van der Waals surface area contributed by atoms with Crippen molar-refractivity contribution >= 4 is 60.9 Å². The monoisotopic (exact) mass is 298 g/mol. The molecule has 0 atom stereocenters. The van der Waals surface area contributed by atoms with E-state index in [-0.39, 0.29) is 0 Å². The average Bonchev–Trinajstić information content (AvgIpc) is 2.22. The summed E-state index contributed by atoms with van der Waals surface area (Å²) in [7, 11) is 11.0. The summed E-state index contributed by atoms with van der Waals surface area (Å²) in [6.45, 7) is 0. The Bertz CT molecular complexity index is 188. The van der Waals surface area contributed by atoms with Crippen LogP contribution in [-0.4, -0.2) is 5.75 Å². The molecular formula is C8H10S6. The average molecular weight is 299 g/mol. The summed E-state index contributed by atoms with van der Waals surface area (Å²) in [4.78, 5) is 0. The van der Waals surface area contributed by atoms with Crippen molar-refractivity contribution in [2.45, 2.75) is 6.42 Å². The van der Waals surface area contributed by atoms with Gasteiger partial charge in [-0.2, -0.15) is 0 Å². The van der Waals surface area contributed by atoms with E-state index in [9.17, 15) is 0 Å². The van der Waals surface area contributed by atoms with E-state index >= 15 is 0 Å². The van der Waals surface area contributed by atoms with Gasteiger partial charge in [-0.1, -0.05) is 52.0 Å². The zero-order valence-electron chi connectivity index (χ0n) is 7.33. The predicted octanol–water partition coefficient (Wildman–Crippen LogP) is 5.99. The molecule has 0 bridgehead atoms. The van der Waals surface area contributed by atoms with Crippen molar-refractivity contribution in [3.8, 4) is 0 Å². The van der Waals surface area contributed by atoms with E-state index in [4.69, 9.17) is 0 Å². The molecule has 0 spiro atoms. The molecule has 0 saturated heterocycles. The molecule has 0 N–H and O–H groups in total. The second-order valence-electron chi connectivity index (χ2n) is 2.12. The molecule has 0 nitrogen and oxygen atoms in total. The van der Waals surface area contributed by atoms with Gasteiger partial charge in [0.05, 0.1) is 0 Å². The van der Waals surface area contributed by atoms with Crippen LogP contribution in [0.4, 0.5) is 0 Å². The highest BCUT2D eigenvalue weighted by Crippen LogP contribution is 2.52. The highest BCUT2D eigenvalue weighted by molar-refractivity contribution is 9.42. The molecule has 0 amide bonds. The molecule has 1 heterocycles. The molecule has 1 rings (SSSR count). The van der Waals surface area contributed by atoms with Gasteiger partial charge in [-0.05, 0) is 51.1 Å². The fourth-order valence-corrected chi connectivity index (χ4v) is 11.3. The van der Waals surface area contributed by atoms with Crippen LogP contribution in [0.15, 0.2) is 35.8 Å². The zero-order chi connectivity index (χ0) is 9.90. The molecule has 6 heteroatoms. The minimum absolute atomic E-state index is 1.15. The van der Waals surface area contributed by atoms with Gasteiger partial charge < -0.3 is 0 Å². The van der Waals surface area contributed by atoms with Gasteiger partial charge in [0.1, 0.15) is 0 Å². The quantitative estimate of drug-likeness (QED) is 0.500. The van der Waals surface area contributed by atoms with Crippen molar-refractivity contribution < 1.29 is 0 Å². The lowest BCUT2D eigenvalue weighted by Gasteiger charge is -1.96. The maximum Gasteiger partial charge on any atom is 0.00801 e. The van der Waals surface area contributed by atoms with Crippen LogP contribution in [0.1, 0.15) is 6.42 Å². The van der Waals surface area contributed by atoms with Crippen molar-refractivity contribution in [3.63, 3.8) is 0 Å². The van der Waals surface area contributed by atoms with Crippen LogP contribution in [0.2, 0.25) is 0 Å². The third-order valence-electron chi connectivity index (χ3n) is 1.14. The lowest BCUT2D eigenvalue weighted by molar-refractivity contribution is 1.25. The Balaban J connectivity index is 2.27. The third-order valence-corrected chi connectivity index (χ3v) is 11.6. The fraction of sp³-hybridized carbons (Fsp3) is 0.250. The van der Waals surface area contributed by atoms with Crippen LogP contribution in [0.5, 0.6) is 0 Å². The Kier molecular flexibility index (Phi) is 10.3. The summed E-state index contributed by atoms with van der Waals surface area (Å²) in [6, 6.07) is 0. The number of rotatable bonds is 0. The highest BCUT2D eigenvalue weighted by atomic mass is 33.9. The molecule has 14 heavy (non-hydrogen) atoms. The summed E-state index contributed by atoms with van der Waals surface area (Å²) < 4.78 is 0. The van der Waals surface area contributed by atoms with Crippen LogP contribution in [0.3, 0.4) is 0 Å². The van der Waals surface area contributed by atoms with Crippen LogP contribution in [0.25, 0.3) is 0 Å². The highest BCUT2D eigenvalue weighted by Gasteiger charge is 1.92. The van der Waals surface area contributed by atoms with E-state index in [1.807, 2.05) is 40.3 Å². The summed E-state index contributed by atoms with van der Waals surface area (Å²) in [5.41, 5.74) is 0. The number of allylic oxidation sites excluding steroid dienone is 5. The molecule has 0 aromatic rings. The summed E-state index contributed by atoms with van der Waals surface area (Å²) in [5.74, 6) is 1.19. The van der Waals surface area contributed by atoms with Gasteiger partial charge in [0.2, 0.25) is 0 Å². The molecule has 0 saturated carbocycles. The van der Waals surface area contributed by atoms with Crippen molar-refractivity contribution in [1.82, 2.24) is 0 Å². The summed E-state index contributed by atoms with van der Waals surface area (Å²) in [5, 5.41) is 2.10. The molecule has 0 aromatic carbocycles. The molecule has 0 radical (unpaired) electrons. The molecule has 1 aliphatic heterocycles. The Labute approximate surface area is 108 Å². The number of hydrogen-bond donors (Lipinski definition) is 0. The largest absolute Gasteiger partial charge is 0.0837 e. The third kappa shape index (κ3) is 8.61. The van der Waals surface area contributed by atoms with Crippen LogP contribution in [0, 0.1) is 0 Å². The minimum atomic E-state index is 1.15. The topological polar surface area (TPSA) is 0 Å². The summed E-state index contributed by atoms with van der Waals surface area (Å²) >= 11 is 0. The van der Waals surface area contributed by atoms with E-state index in [1.165, 1.54) is 5.75 Å². The first-order chi connectivity index (χ1) is 7.00. The zero-order valence-corrected chi connectivity index (χ0v) is 12.2. The number of hydrogen-bond acceptors (Lipinski definition) is 6. The summed E-state index contributed by atoms with van der Waals surface area (Å²) in [6.07, 6.45) is 11.7. The maximum absolute atomic E-state index is 2.21. The first-order valence-electron chi connectivity index (χ1n) is 3.93. The molecule has 1 aliphatic rings. The van der Waals surface area contributed by atoms with Crippen molar-refractivity contribution in [3.05, 3.63) is 35.8 Å². The molecule has 0 unspecified atom stereocenters. The fourth-order valence-electron chi connectivity index (χ4n) is 0.612. The van der Waals surface area contributed by atoms with Crippen molar-refractivity contribution in [2.75, 3.05) is 5.75 Å². The molecule has 0 aliphatic carbocycles. The Hall–Kier alpha value is 1.32. The van der Waals surface area contributed by atoms with Crippen LogP contribution >= 0.6 is 60.9 Å². The van der Waals surface area contributed by atoms with Crippen molar-refractivity contribution in [1.29, 1.82) is 0 Å². The molecule has 78 valence electrons. The SMILES string of the molecule is C1=CC=CSSSSSSCCC=C1. The van der Waals surface area contributed by atoms with E-state index in [1.54, 1.807) is 20.6 Å². The Morgan fingerprint density at radius 2 is 1.64 bits per heavy atom. The first kappa shape index (κ1) is 13.4. The predicted molar refractivity (Wildman–Crippen MR) is 82.5 cm³/mol. The van der Waals surface area contributed by atoms with E-state index < -0.39 is 0 Å². The first-order valence-corrected chi connectivity index (χ1v) is 11.6. The minimum Gasteiger partial charge on any atom is -0.0837 e. The van der Waals surface area contributed by atoms with Gasteiger partial charge in [0.15, 0.2) is 0 Å². The van der Waals surface area contributed by atoms with E-state index in [2.05, 4.69) is 35.8 Å². The van der Waals surface area contributed by atoms with Gasteiger partial charge in [-0.25, -0.2) is 0 Å². The maximum atomic E-state index is 2.21. The molecule has 0 fully saturated rings. The standard InChI is InChI=1S/C8H10S6/c1-2-4-6-8-10-12-14-13-11-9-7-5-3-1/h1-5,7H,6,8H2. The second kappa shape index (κ2) is 10.8. The van der Waals surface area contributed by atoms with Gasteiger partial charge in [-0.3, -0.25) is 0 Å². The van der Waals surface area contributed by atoms with Crippen LogP contribution < -0.4 is 0 Å². The van der Waals surface area contributed by atoms with E-state index in [0.717, 1.165) is 6.42 Å². The lowest BCUT2D eigenvalue weighted by Crippen LogP contribution is -1.68. The Morgan fingerprint density at radius 1 is 0.786 bits per heavy atom. The van der Waals surface area contributed by atoms with Gasteiger partial charge in [-0.15, -0.1) is 0 Å².